The number of anilines is 5. The minimum absolute atomic E-state index is 0.352. The Balaban J connectivity index is 1.85. The lowest BCUT2D eigenvalue weighted by Gasteiger charge is -2.24. The fourth-order valence-corrected chi connectivity index (χ4v) is 3.37. The highest BCUT2D eigenvalue weighted by Gasteiger charge is 2.19. The fourth-order valence-electron chi connectivity index (χ4n) is 3.37. The third kappa shape index (κ3) is 3.82. The number of hydrogen-bond donors (Lipinski definition) is 2. The molecule has 0 bridgehead atoms. The summed E-state index contributed by atoms with van der Waals surface area (Å²) < 4.78 is 0. The predicted octanol–water partition coefficient (Wildman–Crippen LogP) is 5.70. The molecule has 0 saturated heterocycles. The van der Waals surface area contributed by atoms with Crippen LogP contribution in [0.1, 0.15) is 16.7 Å². The molecule has 5 nitrogen and oxygen atoms in total. The summed E-state index contributed by atoms with van der Waals surface area (Å²) >= 11 is 0. The molecule has 1 heterocycles. The van der Waals surface area contributed by atoms with Crippen LogP contribution in [0.3, 0.4) is 0 Å². The van der Waals surface area contributed by atoms with Crippen LogP contribution in [0.4, 0.5) is 29.0 Å². The zero-order valence-corrected chi connectivity index (χ0v) is 17.4. The van der Waals surface area contributed by atoms with Gasteiger partial charge in [0.1, 0.15) is 11.6 Å². The van der Waals surface area contributed by atoms with Gasteiger partial charge in [0.2, 0.25) is 5.95 Å². The van der Waals surface area contributed by atoms with Crippen LogP contribution in [-0.4, -0.2) is 9.97 Å². The molecule has 4 aromatic rings. The van der Waals surface area contributed by atoms with Crippen LogP contribution >= 0.6 is 0 Å². The van der Waals surface area contributed by atoms with Gasteiger partial charge in [0.25, 0.3) is 0 Å². The molecule has 150 valence electrons. The summed E-state index contributed by atoms with van der Waals surface area (Å²) in [4.78, 5) is 11.2. The van der Waals surface area contributed by atoms with Gasteiger partial charge in [-0.05, 0) is 50.6 Å². The van der Waals surface area contributed by atoms with E-state index in [0.29, 0.717) is 23.1 Å². The Morgan fingerprint density at radius 3 is 1.33 bits per heavy atom. The standard InChI is InChI=1S/C25H25N5/c1-16-4-10-19(11-5-16)22-23(26)28-25(29-24(22)27)30(20-12-6-17(2)7-13-20)21-14-8-18(3)9-15-21/h4-15H,1-3H3,(H4,26,27,28,29). The summed E-state index contributed by atoms with van der Waals surface area (Å²) in [5, 5.41) is 0. The van der Waals surface area contributed by atoms with Crippen LogP contribution in [0, 0.1) is 20.8 Å². The van der Waals surface area contributed by atoms with Gasteiger partial charge in [0.05, 0.1) is 5.56 Å². The summed E-state index contributed by atoms with van der Waals surface area (Å²) in [6, 6.07) is 24.4. The van der Waals surface area contributed by atoms with Crippen LogP contribution in [0.5, 0.6) is 0 Å². The molecule has 30 heavy (non-hydrogen) atoms. The van der Waals surface area contributed by atoms with E-state index in [1.807, 2.05) is 60.4 Å². The van der Waals surface area contributed by atoms with Gasteiger partial charge in [-0.3, -0.25) is 4.90 Å². The van der Waals surface area contributed by atoms with E-state index in [1.54, 1.807) is 0 Å². The molecule has 3 aromatic carbocycles. The van der Waals surface area contributed by atoms with Gasteiger partial charge >= 0.3 is 0 Å². The first-order valence-electron chi connectivity index (χ1n) is 9.86. The summed E-state index contributed by atoms with van der Waals surface area (Å²) in [5.41, 5.74) is 19.7. The largest absolute Gasteiger partial charge is 0.383 e. The second-order valence-electron chi connectivity index (χ2n) is 7.54. The van der Waals surface area contributed by atoms with Crippen molar-refractivity contribution in [2.24, 2.45) is 0 Å². The minimum atomic E-state index is 0.352. The SMILES string of the molecule is Cc1ccc(-c2c(N)nc(N(c3ccc(C)cc3)c3ccc(C)cc3)nc2N)cc1. The molecule has 0 fully saturated rings. The van der Waals surface area contributed by atoms with Gasteiger partial charge in [-0.1, -0.05) is 65.2 Å². The van der Waals surface area contributed by atoms with E-state index < -0.39 is 0 Å². The predicted molar refractivity (Wildman–Crippen MR) is 125 cm³/mol. The highest BCUT2D eigenvalue weighted by Crippen LogP contribution is 2.37. The molecular weight excluding hydrogens is 370 g/mol. The molecule has 0 radical (unpaired) electrons. The molecule has 0 spiro atoms. The number of hydrogen-bond acceptors (Lipinski definition) is 5. The summed E-state index contributed by atoms with van der Waals surface area (Å²) in [5.74, 6) is 1.14. The molecule has 0 aliphatic carbocycles. The van der Waals surface area contributed by atoms with Crippen molar-refractivity contribution >= 4 is 29.0 Å². The van der Waals surface area contributed by atoms with E-state index in [-0.39, 0.29) is 0 Å². The van der Waals surface area contributed by atoms with Crippen LogP contribution < -0.4 is 16.4 Å². The Morgan fingerprint density at radius 1 is 0.567 bits per heavy atom. The topological polar surface area (TPSA) is 81.1 Å². The number of nitrogens with two attached hydrogens (primary N) is 2. The highest BCUT2D eigenvalue weighted by atomic mass is 15.3. The van der Waals surface area contributed by atoms with Crippen LogP contribution in [0.2, 0.25) is 0 Å². The van der Waals surface area contributed by atoms with Crippen molar-refractivity contribution in [1.29, 1.82) is 0 Å². The van der Waals surface area contributed by atoms with Crippen molar-refractivity contribution in [3.63, 3.8) is 0 Å². The van der Waals surface area contributed by atoms with Gasteiger partial charge in [0, 0.05) is 11.4 Å². The monoisotopic (exact) mass is 395 g/mol. The number of nitrogens with zero attached hydrogens (tertiary/aromatic N) is 3. The number of benzene rings is 3. The van der Waals surface area contributed by atoms with E-state index in [2.05, 4.69) is 48.1 Å². The third-order valence-corrected chi connectivity index (χ3v) is 5.08. The van der Waals surface area contributed by atoms with Crippen molar-refractivity contribution in [3.8, 4) is 11.1 Å². The smallest absolute Gasteiger partial charge is 0.238 e. The maximum absolute atomic E-state index is 6.38. The van der Waals surface area contributed by atoms with Crippen molar-refractivity contribution in [2.45, 2.75) is 20.8 Å². The molecule has 5 heteroatoms. The van der Waals surface area contributed by atoms with E-state index in [0.717, 1.165) is 16.9 Å². The Morgan fingerprint density at radius 2 is 0.933 bits per heavy atom. The first-order valence-corrected chi connectivity index (χ1v) is 9.86. The van der Waals surface area contributed by atoms with Gasteiger partial charge in [-0.15, -0.1) is 0 Å². The maximum Gasteiger partial charge on any atom is 0.238 e. The molecule has 0 unspecified atom stereocenters. The molecule has 0 aliphatic heterocycles. The summed E-state index contributed by atoms with van der Waals surface area (Å²) in [6.07, 6.45) is 0. The van der Waals surface area contributed by atoms with E-state index in [1.165, 1.54) is 16.7 Å². The first-order chi connectivity index (χ1) is 14.4. The second-order valence-corrected chi connectivity index (χ2v) is 7.54. The highest BCUT2D eigenvalue weighted by molar-refractivity contribution is 5.85. The van der Waals surface area contributed by atoms with Crippen LogP contribution in [0.25, 0.3) is 11.1 Å². The number of aryl methyl sites for hydroxylation is 3. The zero-order valence-electron chi connectivity index (χ0n) is 17.4. The molecule has 4 N–H and O–H groups in total. The molecule has 4 rings (SSSR count). The Labute approximate surface area is 177 Å². The van der Waals surface area contributed by atoms with Gasteiger partial charge in [-0.25, -0.2) is 0 Å². The lowest BCUT2D eigenvalue weighted by atomic mass is 10.1. The van der Waals surface area contributed by atoms with E-state index in [9.17, 15) is 0 Å². The number of nitrogen functional groups attached to an aromatic ring is 2. The molecule has 0 atom stereocenters. The van der Waals surface area contributed by atoms with Crippen molar-refractivity contribution < 1.29 is 0 Å². The third-order valence-electron chi connectivity index (χ3n) is 5.08. The number of rotatable bonds is 4. The second kappa shape index (κ2) is 7.87. The minimum Gasteiger partial charge on any atom is -0.383 e. The quantitative estimate of drug-likeness (QED) is 0.463. The first kappa shape index (κ1) is 19.5. The average Bonchev–Trinajstić information content (AvgIpc) is 2.72. The molecule has 0 saturated carbocycles. The lowest BCUT2D eigenvalue weighted by Crippen LogP contribution is -2.16. The fraction of sp³-hybridized carbons (Fsp3) is 0.120. The summed E-state index contributed by atoms with van der Waals surface area (Å²) in [6.45, 7) is 6.16. The van der Waals surface area contributed by atoms with Gasteiger partial charge in [0.15, 0.2) is 0 Å². The molecule has 1 aromatic heterocycles. The van der Waals surface area contributed by atoms with E-state index in [4.69, 9.17) is 11.5 Å². The number of aromatic nitrogens is 2. The Hall–Kier alpha value is -3.86. The molecular formula is C25H25N5. The molecule has 0 amide bonds. The van der Waals surface area contributed by atoms with Crippen molar-refractivity contribution in [2.75, 3.05) is 16.4 Å². The normalized spacial score (nSPS) is 10.8. The molecule has 0 aliphatic rings. The zero-order chi connectivity index (χ0) is 21.3. The van der Waals surface area contributed by atoms with Crippen LogP contribution in [-0.2, 0) is 0 Å². The Bertz CT molecular complexity index is 1100. The maximum atomic E-state index is 6.38. The Kier molecular flexibility index (Phi) is 5.11. The van der Waals surface area contributed by atoms with E-state index >= 15 is 0 Å². The lowest BCUT2D eigenvalue weighted by molar-refractivity contribution is 1.09. The van der Waals surface area contributed by atoms with Gasteiger partial charge < -0.3 is 11.5 Å². The average molecular weight is 396 g/mol. The van der Waals surface area contributed by atoms with Crippen molar-refractivity contribution in [1.82, 2.24) is 9.97 Å². The van der Waals surface area contributed by atoms with Crippen molar-refractivity contribution in [3.05, 3.63) is 89.5 Å². The van der Waals surface area contributed by atoms with Crippen LogP contribution in [0.15, 0.2) is 72.8 Å². The summed E-state index contributed by atoms with van der Waals surface area (Å²) in [7, 11) is 0. The van der Waals surface area contributed by atoms with Gasteiger partial charge in [-0.2, -0.15) is 9.97 Å².